The lowest BCUT2D eigenvalue weighted by Crippen LogP contribution is -2.67. The van der Waals surface area contributed by atoms with Crippen LogP contribution in [0.1, 0.15) is 39.5 Å². The maximum atomic E-state index is 13.1. The Morgan fingerprint density at radius 2 is 2.15 bits per heavy atom. The molecule has 2 aliphatic heterocycles. The second-order valence-electron chi connectivity index (χ2n) is 7.52. The van der Waals surface area contributed by atoms with Crippen molar-refractivity contribution in [1.82, 2.24) is 25.6 Å². The zero-order chi connectivity index (χ0) is 19.7. The molecule has 3 fully saturated rings. The molecule has 2 N–H and O–H groups in total. The van der Waals surface area contributed by atoms with Gasteiger partial charge in [0.25, 0.3) is 0 Å². The molecule has 0 radical (unpaired) electrons. The molecule has 2 saturated heterocycles. The number of halogens is 1. The number of nitriles is 1. The summed E-state index contributed by atoms with van der Waals surface area (Å²) in [7, 11) is 0. The van der Waals surface area contributed by atoms with E-state index < -0.39 is 6.29 Å². The molecule has 4 unspecified atom stereocenters. The van der Waals surface area contributed by atoms with Crippen molar-refractivity contribution in [3.63, 3.8) is 0 Å². The van der Waals surface area contributed by atoms with Crippen LogP contribution >= 0.6 is 11.6 Å². The number of rotatable bonds is 5. The van der Waals surface area contributed by atoms with Crippen LogP contribution in [-0.4, -0.2) is 69.5 Å². The summed E-state index contributed by atoms with van der Waals surface area (Å²) >= 11 is 6.28. The minimum Gasteiger partial charge on any atom is -0.354 e. The number of urea groups is 1. The number of amides is 4. The summed E-state index contributed by atoms with van der Waals surface area (Å²) in [6, 6.07) is 1.43. The molecule has 0 aromatic carbocycles. The summed E-state index contributed by atoms with van der Waals surface area (Å²) in [5, 5.41) is 12.9. The van der Waals surface area contributed by atoms with Gasteiger partial charge in [0.15, 0.2) is 6.29 Å². The molecule has 27 heavy (non-hydrogen) atoms. The summed E-state index contributed by atoms with van der Waals surface area (Å²) in [6.45, 7) is 3.82. The topological polar surface area (TPSA) is 109 Å². The van der Waals surface area contributed by atoms with Gasteiger partial charge in [-0.05, 0) is 33.1 Å². The quantitative estimate of drug-likeness (QED) is 0.521. The molecule has 3 rings (SSSR count). The summed E-state index contributed by atoms with van der Waals surface area (Å²) in [5.41, 5.74) is 2.96. The smallest absolute Gasteiger partial charge is 0.338 e. The second kappa shape index (κ2) is 7.90. The third-order valence-electron chi connectivity index (χ3n) is 5.25. The molecule has 3 aliphatic rings. The van der Waals surface area contributed by atoms with Crippen LogP contribution in [0, 0.1) is 17.2 Å². The van der Waals surface area contributed by atoms with E-state index in [9.17, 15) is 14.4 Å². The van der Waals surface area contributed by atoms with Crippen molar-refractivity contribution in [2.75, 3.05) is 13.1 Å². The lowest BCUT2D eigenvalue weighted by atomic mass is 9.80. The van der Waals surface area contributed by atoms with Crippen LogP contribution < -0.4 is 10.7 Å². The predicted octanol–water partition coefficient (Wildman–Crippen LogP) is 0.569. The van der Waals surface area contributed by atoms with Gasteiger partial charge in [-0.15, -0.1) is 11.6 Å². The normalized spacial score (nSPS) is 30.3. The van der Waals surface area contributed by atoms with Crippen molar-refractivity contribution < 1.29 is 14.4 Å². The Morgan fingerprint density at radius 3 is 2.81 bits per heavy atom. The number of fused-ring (bicyclic) bond motifs is 3. The van der Waals surface area contributed by atoms with Gasteiger partial charge in [0.1, 0.15) is 6.54 Å². The number of alkyl halides is 1. The first-order valence-electron chi connectivity index (χ1n) is 9.30. The third kappa shape index (κ3) is 3.82. The Bertz CT molecular complexity index is 666. The molecule has 0 bridgehead atoms. The van der Waals surface area contributed by atoms with E-state index in [1.807, 2.05) is 19.9 Å². The highest BCUT2D eigenvalue weighted by molar-refractivity contribution is 6.20. The molecule has 0 spiro atoms. The largest absolute Gasteiger partial charge is 0.354 e. The van der Waals surface area contributed by atoms with Gasteiger partial charge in [-0.3, -0.25) is 14.5 Å². The van der Waals surface area contributed by atoms with E-state index >= 15 is 0 Å². The molecule has 9 nitrogen and oxygen atoms in total. The van der Waals surface area contributed by atoms with Crippen LogP contribution in [-0.2, 0) is 9.59 Å². The SMILES string of the molecule is CC(C)NC(=O)CCN1C(=O)C2CC(Cl)CCC2N2C(=O)N(CC#N)NC12. The molecule has 0 aromatic heterocycles. The summed E-state index contributed by atoms with van der Waals surface area (Å²) in [4.78, 5) is 41.1. The highest BCUT2D eigenvalue weighted by Crippen LogP contribution is 2.39. The average molecular weight is 397 g/mol. The molecule has 4 atom stereocenters. The molecular formula is C17H25ClN6O3. The zero-order valence-electron chi connectivity index (χ0n) is 15.5. The first-order chi connectivity index (χ1) is 12.8. The van der Waals surface area contributed by atoms with Crippen LogP contribution in [0.5, 0.6) is 0 Å². The van der Waals surface area contributed by atoms with Crippen molar-refractivity contribution in [1.29, 1.82) is 5.26 Å². The Hall–Kier alpha value is -2.05. The van der Waals surface area contributed by atoms with Crippen LogP contribution in [0.25, 0.3) is 0 Å². The maximum absolute atomic E-state index is 13.1. The minimum absolute atomic E-state index is 0.0168. The Balaban J connectivity index is 1.81. The number of nitrogens with zero attached hydrogens (tertiary/aromatic N) is 4. The summed E-state index contributed by atoms with van der Waals surface area (Å²) < 4.78 is 0. The first kappa shape index (κ1) is 19.7. The van der Waals surface area contributed by atoms with Crippen molar-refractivity contribution in [3.8, 4) is 6.07 Å². The van der Waals surface area contributed by atoms with Crippen molar-refractivity contribution in [2.24, 2.45) is 5.92 Å². The molecular weight excluding hydrogens is 372 g/mol. The lowest BCUT2D eigenvalue weighted by molar-refractivity contribution is -0.156. The maximum Gasteiger partial charge on any atom is 0.338 e. The second-order valence-corrected chi connectivity index (χ2v) is 8.14. The lowest BCUT2D eigenvalue weighted by Gasteiger charge is -2.49. The van der Waals surface area contributed by atoms with Gasteiger partial charge in [-0.25, -0.2) is 9.80 Å². The third-order valence-corrected chi connectivity index (χ3v) is 5.64. The van der Waals surface area contributed by atoms with E-state index in [-0.39, 0.29) is 60.7 Å². The number of hydrogen-bond acceptors (Lipinski definition) is 5. The molecule has 148 valence electrons. The Labute approximate surface area is 163 Å². The molecule has 10 heteroatoms. The van der Waals surface area contributed by atoms with E-state index in [0.717, 1.165) is 6.42 Å². The van der Waals surface area contributed by atoms with Gasteiger partial charge >= 0.3 is 6.03 Å². The number of carbonyl (C=O) groups is 3. The van der Waals surface area contributed by atoms with Gasteiger partial charge in [0.05, 0.1) is 12.0 Å². The number of carbonyl (C=O) groups excluding carboxylic acids is 3. The van der Waals surface area contributed by atoms with Gasteiger partial charge in [0, 0.05) is 30.4 Å². The van der Waals surface area contributed by atoms with Crippen LogP contribution in [0.4, 0.5) is 4.79 Å². The van der Waals surface area contributed by atoms with E-state index in [0.29, 0.717) is 12.8 Å². The zero-order valence-corrected chi connectivity index (χ0v) is 16.3. The van der Waals surface area contributed by atoms with Crippen molar-refractivity contribution in [2.45, 2.75) is 63.3 Å². The average Bonchev–Trinajstić information content (AvgIpc) is 2.91. The fourth-order valence-electron chi connectivity index (χ4n) is 4.11. The monoisotopic (exact) mass is 396 g/mol. The van der Waals surface area contributed by atoms with Gasteiger partial charge in [0.2, 0.25) is 11.8 Å². The number of hydrogen-bond donors (Lipinski definition) is 2. The molecule has 0 aromatic rings. The summed E-state index contributed by atoms with van der Waals surface area (Å²) in [6.07, 6.45) is 1.37. The van der Waals surface area contributed by atoms with E-state index in [1.54, 1.807) is 4.90 Å². The molecule has 1 saturated carbocycles. The van der Waals surface area contributed by atoms with Crippen LogP contribution in [0.3, 0.4) is 0 Å². The first-order valence-corrected chi connectivity index (χ1v) is 9.74. The van der Waals surface area contributed by atoms with Gasteiger partial charge in [-0.1, -0.05) is 0 Å². The Morgan fingerprint density at radius 1 is 1.41 bits per heavy atom. The number of hydrazine groups is 1. The van der Waals surface area contributed by atoms with E-state index in [1.165, 1.54) is 9.91 Å². The van der Waals surface area contributed by atoms with Crippen molar-refractivity contribution in [3.05, 3.63) is 0 Å². The molecule has 4 amide bonds. The van der Waals surface area contributed by atoms with Gasteiger partial charge < -0.3 is 10.2 Å². The minimum atomic E-state index is -0.668. The molecule has 2 heterocycles. The summed E-state index contributed by atoms with van der Waals surface area (Å²) in [5.74, 6) is -0.620. The Kier molecular flexibility index (Phi) is 5.77. The van der Waals surface area contributed by atoms with Crippen LogP contribution in [0.15, 0.2) is 0 Å². The van der Waals surface area contributed by atoms with E-state index in [2.05, 4.69) is 10.7 Å². The highest BCUT2D eigenvalue weighted by atomic mass is 35.5. The van der Waals surface area contributed by atoms with E-state index in [4.69, 9.17) is 16.9 Å². The molecule has 1 aliphatic carbocycles. The predicted molar refractivity (Wildman–Crippen MR) is 96.9 cm³/mol. The van der Waals surface area contributed by atoms with Crippen molar-refractivity contribution >= 4 is 29.4 Å². The fraction of sp³-hybridized carbons (Fsp3) is 0.765. The van der Waals surface area contributed by atoms with Crippen LogP contribution in [0.2, 0.25) is 0 Å². The highest BCUT2D eigenvalue weighted by Gasteiger charge is 2.55. The number of nitrogens with one attached hydrogen (secondary N) is 2. The standard InChI is InChI=1S/C17H25ClN6O3/c1-10(2)20-14(25)5-7-22-15(26)12-9-11(18)3-4-13(12)24-16(22)21-23(8-6-19)17(24)27/h10-13,16,21H,3-5,7-9H2,1-2H3,(H,20,25). The fourth-order valence-corrected chi connectivity index (χ4v) is 4.43. The van der Waals surface area contributed by atoms with Gasteiger partial charge in [-0.2, -0.15) is 10.7 Å².